The maximum atomic E-state index is 5.91. The van der Waals surface area contributed by atoms with Crippen molar-refractivity contribution in [3.8, 4) is 22.8 Å². The summed E-state index contributed by atoms with van der Waals surface area (Å²) in [6, 6.07) is 7.33. The first-order valence-electron chi connectivity index (χ1n) is 6.14. The lowest BCUT2D eigenvalue weighted by Gasteiger charge is -2.07. The monoisotopic (exact) mass is 262 g/mol. The molecule has 0 aliphatic heterocycles. The van der Waals surface area contributed by atoms with Crippen LogP contribution in [0.4, 0.5) is 0 Å². The molecule has 1 atom stereocenters. The molecule has 2 N–H and O–H groups in total. The number of benzene rings is 1. The van der Waals surface area contributed by atoms with Crippen molar-refractivity contribution in [2.45, 2.75) is 19.4 Å². The minimum absolute atomic E-state index is 0.124. The molecule has 0 fully saturated rings. The van der Waals surface area contributed by atoms with Crippen LogP contribution < -0.4 is 15.2 Å². The largest absolute Gasteiger partial charge is 0.493 e. The SMILES string of the molecule is CCC(N)c1cc(-c2ccc(OC)c(OC)c2)no1. The van der Waals surface area contributed by atoms with Crippen LogP contribution in [-0.2, 0) is 0 Å². The number of hydrogen-bond donors (Lipinski definition) is 1. The van der Waals surface area contributed by atoms with E-state index in [0.717, 1.165) is 17.7 Å². The van der Waals surface area contributed by atoms with E-state index in [-0.39, 0.29) is 6.04 Å². The number of aromatic nitrogens is 1. The first-order valence-corrected chi connectivity index (χ1v) is 6.14. The molecule has 0 bridgehead atoms. The molecule has 102 valence electrons. The predicted molar refractivity (Wildman–Crippen MR) is 72.3 cm³/mol. The van der Waals surface area contributed by atoms with Crippen molar-refractivity contribution in [1.82, 2.24) is 5.16 Å². The molecule has 0 saturated heterocycles. The molecule has 1 unspecified atom stereocenters. The molecule has 2 rings (SSSR count). The fourth-order valence-corrected chi connectivity index (χ4v) is 1.80. The molecule has 0 aliphatic rings. The molecular weight excluding hydrogens is 244 g/mol. The van der Waals surface area contributed by atoms with E-state index in [0.29, 0.717) is 17.3 Å². The maximum Gasteiger partial charge on any atom is 0.161 e. The van der Waals surface area contributed by atoms with Crippen LogP contribution in [0.15, 0.2) is 28.8 Å². The summed E-state index contributed by atoms with van der Waals surface area (Å²) < 4.78 is 15.7. The van der Waals surface area contributed by atoms with Crippen molar-refractivity contribution in [3.05, 3.63) is 30.0 Å². The van der Waals surface area contributed by atoms with Gasteiger partial charge in [-0.2, -0.15) is 0 Å². The van der Waals surface area contributed by atoms with E-state index in [1.807, 2.05) is 31.2 Å². The third-order valence-corrected chi connectivity index (χ3v) is 3.01. The Morgan fingerprint density at radius 1 is 1.21 bits per heavy atom. The van der Waals surface area contributed by atoms with Gasteiger partial charge < -0.3 is 19.7 Å². The minimum Gasteiger partial charge on any atom is -0.493 e. The van der Waals surface area contributed by atoms with Gasteiger partial charge in [0.05, 0.1) is 20.3 Å². The molecule has 5 heteroatoms. The summed E-state index contributed by atoms with van der Waals surface area (Å²) in [4.78, 5) is 0. The molecule has 0 amide bonds. The number of ether oxygens (including phenoxy) is 2. The van der Waals surface area contributed by atoms with E-state index in [1.165, 1.54) is 0 Å². The van der Waals surface area contributed by atoms with Crippen LogP contribution in [-0.4, -0.2) is 19.4 Å². The molecule has 0 radical (unpaired) electrons. The Bertz CT molecular complexity index is 551. The number of nitrogens with zero attached hydrogens (tertiary/aromatic N) is 1. The first kappa shape index (κ1) is 13.4. The summed E-state index contributed by atoms with van der Waals surface area (Å²) in [5.74, 6) is 2.02. The van der Waals surface area contributed by atoms with Crippen molar-refractivity contribution in [2.24, 2.45) is 5.73 Å². The lowest BCUT2D eigenvalue weighted by Crippen LogP contribution is -2.06. The molecular formula is C14H18N2O3. The van der Waals surface area contributed by atoms with E-state index < -0.39 is 0 Å². The summed E-state index contributed by atoms with van der Waals surface area (Å²) in [7, 11) is 3.20. The lowest BCUT2D eigenvalue weighted by atomic mass is 10.1. The number of methoxy groups -OCH3 is 2. The Kier molecular flexibility index (Phi) is 4.06. The third-order valence-electron chi connectivity index (χ3n) is 3.01. The number of rotatable bonds is 5. The van der Waals surface area contributed by atoms with Crippen LogP contribution >= 0.6 is 0 Å². The second-order valence-electron chi connectivity index (χ2n) is 4.20. The van der Waals surface area contributed by atoms with Gasteiger partial charge >= 0.3 is 0 Å². The lowest BCUT2D eigenvalue weighted by molar-refractivity contribution is 0.354. The summed E-state index contributed by atoms with van der Waals surface area (Å²) in [5.41, 5.74) is 7.54. The summed E-state index contributed by atoms with van der Waals surface area (Å²) in [6.07, 6.45) is 0.806. The Morgan fingerprint density at radius 2 is 1.95 bits per heavy atom. The fourth-order valence-electron chi connectivity index (χ4n) is 1.80. The molecule has 2 aromatic rings. The fraction of sp³-hybridized carbons (Fsp3) is 0.357. The van der Waals surface area contributed by atoms with Gasteiger partial charge in [-0.05, 0) is 24.6 Å². The van der Waals surface area contributed by atoms with Crippen LogP contribution in [0.25, 0.3) is 11.3 Å². The highest BCUT2D eigenvalue weighted by atomic mass is 16.5. The van der Waals surface area contributed by atoms with Gasteiger partial charge in [0.15, 0.2) is 17.3 Å². The standard InChI is InChI=1S/C14H18N2O3/c1-4-10(15)13-8-11(16-19-13)9-5-6-12(17-2)14(7-9)18-3/h5-8,10H,4,15H2,1-3H3. The van der Waals surface area contributed by atoms with Crippen LogP contribution in [0.1, 0.15) is 25.1 Å². The Labute approximate surface area is 112 Å². The summed E-state index contributed by atoms with van der Waals surface area (Å²) >= 11 is 0. The average molecular weight is 262 g/mol. The predicted octanol–water partition coefficient (Wildman–Crippen LogP) is 2.77. The minimum atomic E-state index is -0.124. The Morgan fingerprint density at radius 3 is 2.58 bits per heavy atom. The second-order valence-corrected chi connectivity index (χ2v) is 4.20. The number of nitrogens with two attached hydrogens (primary N) is 1. The van der Waals surface area contributed by atoms with Gasteiger partial charge in [0.1, 0.15) is 5.69 Å². The van der Waals surface area contributed by atoms with Crippen LogP contribution in [0.5, 0.6) is 11.5 Å². The van der Waals surface area contributed by atoms with E-state index in [4.69, 9.17) is 19.7 Å². The van der Waals surface area contributed by atoms with Gasteiger partial charge in [-0.1, -0.05) is 12.1 Å². The molecule has 0 aliphatic carbocycles. The molecule has 1 aromatic carbocycles. The molecule has 0 saturated carbocycles. The van der Waals surface area contributed by atoms with Gasteiger partial charge in [-0.3, -0.25) is 0 Å². The Hall–Kier alpha value is -2.01. The zero-order valence-electron chi connectivity index (χ0n) is 11.3. The van der Waals surface area contributed by atoms with E-state index >= 15 is 0 Å². The van der Waals surface area contributed by atoms with Crippen LogP contribution in [0, 0.1) is 0 Å². The zero-order valence-corrected chi connectivity index (χ0v) is 11.3. The molecule has 5 nitrogen and oxygen atoms in total. The molecule has 1 heterocycles. The quantitative estimate of drug-likeness (QED) is 0.897. The summed E-state index contributed by atoms with van der Waals surface area (Å²) in [6.45, 7) is 2.00. The van der Waals surface area contributed by atoms with Crippen molar-refractivity contribution in [1.29, 1.82) is 0 Å². The van der Waals surface area contributed by atoms with Crippen molar-refractivity contribution in [3.63, 3.8) is 0 Å². The highest BCUT2D eigenvalue weighted by molar-refractivity contribution is 5.63. The normalized spacial score (nSPS) is 12.2. The van der Waals surface area contributed by atoms with E-state index in [2.05, 4.69) is 5.16 Å². The number of hydrogen-bond acceptors (Lipinski definition) is 5. The highest BCUT2D eigenvalue weighted by Crippen LogP contribution is 2.32. The van der Waals surface area contributed by atoms with Gasteiger partial charge in [-0.25, -0.2) is 0 Å². The van der Waals surface area contributed by atoms with Crippen LogP contribution in [0.2, 0.25) is 0 Å². The van der Waals surface area contributed by atoms with Gasteiger partial charge in [0.25, 0.3) is 0 Å². The van der Waals surface area contributed by atoms with Crippen molar-refractivity contribution >= 4 is 0 Å². The zero-order chi connectivity index (χ0) is 13.8. The third kappa shape index (κ3) is 2.71. The smallest absolute Gasteiger partial charge is 0.161 e. The van der Waals surface area contributed by atoms with Gasteiger partial charge in [0, 0.05) is 11.6 Å². The van der Waals surface area contributed by atoms with Crippen molar-refractivity contribution in [2.75, 3.05) is 14.2 Å². The average Bonchev–Trinajstić information content (AvgIpc) is 2.95. The maximum absolute atomic E-state index is 5.91. The summed E-state index contributed by atoms with van der Waals surface area (Å²) in [5, 5.41) is 4.03. The van der Waals surface area contributed by atoms with Crippen LogP contribution in [0.3, 0.4) is 0 Å². The molecule has 19 heavy (non-hydrogen) atoms. The topological polar surface area (TPSA) is 70.5 Å². The van der Waals surface area contributed by atoms with E-state index in [1.54, 1.807) is 14.2 Å². The molecule has 0 spiro atoms. The van der Waals surface area contributed by atoms with Gasteiger partial charge in [-0.15, -0.1) is 0 Å². The highest BCUT2D eigenvalue weighted by Gasteiger charge is 2.13. The van der Waals surface area contributed by atoms with Gasteiger partial charge in [0.2, 0.25) is 0 Å². The van der Waals surface area contributed by atoms with E-state index in [9.17, 15) is 0 Å². The first-order chi connectivity index (χ1) is 9.19. The molecule has 1 aromatic heterocycles. The van der Waals surface area contributed by atoms with Crippen molar-refractivity contribution < 1.29 is 14.0 Å². The second kappa shape index (κ2) is 5.75. The Balaban J connectivity index is 2.34.